The van der Waals surface area contributed by atoms with Crippen molar-refractivity contribution in [3.05, 3.63) is 66.4 Å². The Morgan fingerprint density at radius 2 is 1.77 bits per heavy atom. The van der Waals surface area contributed by atoms with Crippen LogP contribution < -0.4 is 5.84 Å². The van der Waals surface area contributed by atoms with Crippen LogP contribution in [0.4, 0.5) is 0 Å². The van der Waals surface area contributed by atoms with E-state index in [-0.39, 0.29) is 0 Å². The lowest BCUT2D eigenvalue weighted by Gasteiger charge is -2.02. The van der Waals surface area contributed by atoms with Crippen LogP contribution in [0.25, 0.3) is 11.3 Å². The first-order valence-electron chi connectivity index (χ1n) is 6.92. The highest BCUT2D eigenvalue weighted by atomic mass is 32.2. The summed E-state index contributed by atoms with van der Waals surface area (Å²) in [7, 11) is 0. The molecule has 0 bridgehead atoms. The molecule has 2 N–H and O–H groups in total. The van der Waals surface area contributed by atoms with Crippen LogP contribution in [0.2, 0.25) is 0 Å². The number of aromatic nitrogens is 2. The minimum absolute atomic E-state index is 0.827. The third kappa shape index (κ3) is 3.48. The van der Waals surface area contributed by atoms with Gasteiger partial charge in [-0.05, 0) is 24.0 Å². The molecule has 0 saturated heterocycles. The Hall–Kier alpha value is -1.85. The molecular formula is C17H17N3S2. The predicted octanol–water partition coefficient (Wildman–Crippen LogP) is 4.28. The van der Waals surface area contributed by atoms with Gasteiger partial charge in [-0.25, -0.2) is 9.66 Å². The fourth-order valence-corrected chi connectivity index (χ4v) is 3.36. The van der Waals surface area contributed by atoms with Gasteiger partial charge in [-0.1, -0.05) is 54.2 Å². The summed E-state index contributed by atoms with van der Waals surface area (Å²) >= 11 is 3.40. The van der Waals surface area contributed by atoms with Crippen LogP contribution in [-0.4, -0.2) is 15.9 Å². The lowest BCUT2D eigenvalue weighted by atomic mass is 10.2. The van der Waals surface area contributed by atoms with Crippen molar-refractivity contribution in [3.8, 4) is 11.3 Å². The zero-order valence-electron chi connectivity index (χ0n) is 12.3. The van der Waals surface area contributed by atoms with Gasteiger partial charge >= 0.3 is 0 Å². The monoisotopic (exact) mass is 327 g/mol. The van der Waals surface area contributed by atoms with Gasteiger partial charge in [0.05, 0.1) is 11.9 Å². The number of nitrogens with two attached hydrogens (primary N) is 1. The molecule has 0 radical (unpaired) electrons. The van der Waals surface area contributed by atoms with Gasteiger partial charge in [0, 0.05) is 16.2 Å². The molecule has 0 amide bonds. The van der Waals surface area contributed by atoms with E-state index in [2.05, 4.69) is 35.5 Å². The second-order valence-corrected chi connectivity index (χ2v) is 6.64. The Morgan fingerprint density at radius 3 is 2.45 bits per heavy atom. The van der Waals surface area contributed by atoms with Gasteiger partial charge in [0.1, 0.15) is 0 Å². The molecule has 0 atom stereocenters. The Labute approximate surface area is 138 Å². The first-order valence-corrected chi connectivity index (χ1v) is 9.13. The van der Waals surface area contributed by atoms with Crippen LogP contribution in [0.5, 0.6) is 0 Å². The molecule has 0 saturated carbocycles. The molecule has 1 heterocycles. The number of imidazole rings is 1. The minimum Gasteiger partial charge on any atom is -0.337 e. The average Bonchev–Trinajstić information content (AvgIpc) is 2.95. The van der Waals surface area contributed by atoms with Crippen molar-refractivity contribution in [2.45, 2.75) is 15.8 Å². The molecule has 0 fully saturated rings. The number of hydrogen-bond acceptors (Lipinski definition) is 4. The standard InChI is InChI=1S/C17H17N3S2/c1-21-15-9-7-13(8-10-15)12-22-17-19-16(11-20(17)18)14-5-3-2-4-6-14/h2-11H,12,18H2,1H3. The number of hydrogen-bond donors (Lipinski definition) is 1. The zero-order chi connectivity index (χ0) is 15.4. The Balaban J connectivity index is 1.71. The van der Waals surface area contributed by atoms with E-state index in [4.69, 9.17) is 5.84 Å². The maximum absolute atomic E-state index is 6.02. The van der Waals surface area contributed by atoms with Crippen LogP contribution >= 0.6 is 23.5 Å². The highest BCUT2D eigenvalue weighted by Gasteiger charge is 2.08. The molecule has 0 aliphatic carbocycles. The number of benzene rings is 2. The molecule has 5 heteroatoms. The molecule has 3 rings (SSSR count). The van der Waals surface area contributed by atoms with E-state index in [0.29, 0.717) is 0 Å². The molecule has 0 spiro atoms. The average molecular weight is 327 g/mol. The fourth-order valence-electron chi connectivity index (χ4n) is 2.10. The van der Waals surface area contributed by atoms with E-state index >= 15 is 0 Å². The van der Waals surface area contributed by atoms with E-state index < -0.39 is 0 Å². The van der Waals surface area contributed by atoms with E-state index in [0.717, 1.165) is 22.2 Å². The van der Waals surface area contributed by atoms with Gasteiger partial charge < -0.3 is 5.84 Å². The second kappa shape index (κ2) is 6.94. The lowest BCUT2D eigenvalue weighted by Crippen LogP contribution is -2.07. The Kier molecular flexibility index (Phi) is 4.75. The topological polar surface area (TPSA) is 43.8 Å². The van der Waals surface area contributed by atoms with E-state index in [1.807, 2.05) is 36.5 Å². The van der Waals surface area contributed by atoms with Gasteiger partial charge in [-0.3, -0.25) is 0 Å². The normalized spacial score (nSPS) is 10.8. The van der Waals surface area contributed by atoms with Crippen molar-refractivity contribution in [2.75, 3.05) is 12.1 Å². The maximum atomic E-state index is 6.02. The third-order valence-corrected chi connectivity index (χ3v) is 5.08. The van der Waals surface area contributed by atoms with Crippen molar-refractivity contribution < 1.29 is 0 Å². The molecule has 1 aromatic heterocycles. The summed E-state index contributed by atoms with van der Waals surface area (Å²) in [5.41, 5.74) is 3.26. The van der Waals surface area contributed by atoms with Crippen LogP contribution in [0.3, 0.4) is 0 Å². The summed E-state index contributed by atoms with van der Waals surface area (Å²) in [5, 5.41) is 0.827. The SMILES string of the molecule is CSc1ccc(CSc2nc(-c3ccccc3)cn2N)cc1. The Bertz CT molecular complexity index is 736. The van der Waals surface area contributed by atoms with E-state index in [9.17, 15) is 0 Å². The summed E-state index contributed by atoms with van der Waals surface area (Å²) in [6, 6.07) is 18.7. The highest BCUT2D eigenvalue weighted by molar-refractivity contribution is 7.98. The van der Waals surface area contributed by atoms with Crippen molar-refractivity contribution >= 4 is 23.5 Å². The summed E-state index contributed by atoms with van der Waals surface area (Å²) in [4.78, 5) is 5.90. The number of nitrogen functional groups attached to an aromatic ring is 1. The highest BCUT2D eigenvalue weighted by Crippen LogP contribution is 2.26. The summed E-state index contributed by atoms with van der Waals surface area (Å²) in [5.74, 6) is 6.88. The first kappa shape index (κ1) is 15.1. The molecule has 2 aromatic carbocycles. The molecular weight excluding hydrogens is 310 g/mol. The maximum Gasteiger partial charge on any atom is 0.187 e. The second-order valence-electron chi connectivity index (χ2n) is 4.82. The van der Waals surface area contributed by atoms with Crippen LogP contribution in [0.1, 0.15) is 5.56 Å². The quantitative estimate of drug-likeness (QED) is 0.561. The summed E-state index contributed by atoms with van der Waals surface area (Å²) < 4.78 is 1.60. The molecule has 0 unspecified atom stereocenters. The smallest absolute Gasteiger partial charge is 0.187 e. The van der Waals surface area contributed by atoms with Crippen molar-refractivity contribution in [3.63, 3.8) is 0 Å². The number of rotatable bonds is 5. The first-order chi connectivity index (χ1) is 10.8. The molecule has 3 nitrogen and oxygen atoms in total. The van der Waals surface area contributed by atoms with Crippen LogP contribution in [0.15, 0.2) is 70.8 Å². The number of thioether (sulfide) groups is 2. The number of nitrogens with zero attached hydrogens (tertiary/aromatic N) is 2. The van der Waals surface area contributed by atoms with Crippen molar-refractivity contribution in [1.82, 2.24) is 9.66 Å². The lowest BCUT2D eigenvalue weighted by molar-refractivity contribution is 0.851. The predicted molar refractivity (Wildman–Crippen MR) is 95.6 cm³/mol. The van der Waals surface area contributed by atoms with E-state index in [1.54, 1.807) is 28.2 Å². The van der Waals surface area contributed by atoms with Gasteiger partial charge in [0.25, 0.3) is 0 Å². The molecule has 0 aliphatic rings. The van der Waals surface area contributed by atoms with Gasteiger partial charge in [-0.15, -0.1) is 11.8 Å². The van der Waals surface area contributed by atoms with Gasteiger partial charge in [0.2, 0.25) is 0 Å². The van der Waals surface area contributed by atoms with Crippen LogP contribution in [-0.2, 0) is 5.75 Å². The summed E-state index contributed by atoms with van der Waals surface area (Å²) in [6.07, 6.45) is 3.95. The van der Waals surface area contributed by atoms with Crippen molar-refractivity contribution in [2.24, 2.45) is 0 Å². The fraction of sp³-hybridized carbons (Fsp3) is 0.118. The molecule has 112 valence electrons. The minimum atomic E-state index is 0.827. The Morgan fingerprint density at radius 1 is 1.05 bits per heavy atom. The van der Waals surface area contributed by atoms with Gasteiger partial charge in [-0.2, -0.15) is 0 Å². The largest absolute Gasteiger partial charge is 0.337 e. The van der Waals surface area contributed by atoms with Gasteiger partial charge in [0.15, 0.2) is 5.16 Å². The van der Waals surface area contributed by atoms with E-state index in [1.165, 1.54) is 10.5 Å². The molecule has 3 aromatic rings. The molecule has 0 aliphatic heterocycles. The van der Waals surface area contributed by atoms with Crippen molar-refractivity contribution in [1.29, 1.82) is 0 Å². The van der Waals surface area contributed by atoms with Crippen LogP contribution in [0, 0.1) is 0 Å². The molecule has 22 heavy (non-hydrogen) atoms. The summed E-state index contributed by atoms with van der Waals surface area (Å²) in [6.45, 7) is 0. The zero-order valence-corrected chi connectivity index (χ0v) is 13.9. The third-order valence-electron chi connectivity index (χ3n) is 3.29.